The molecule has 0 bridgehead atoms. The standard InChI is InChI=1S/C15H18N2O3S/c1-10(14(9-18)21-2)16-15(19)13-8-12(17-20-13)11-6-4-3-5-7-11/h3-8,10,14,18H,9H2,1-2H3,(H,16,19). The van der Waals surface area contributed by atoms with Crippen LogP contribution >= 0.6 is 11.8 Å². The number of carbonyl (C=O) groups is 1. The zero-order valence-corrected chi connectivity index (χ0v) is 12.8. The Morgan fingerprint density at radius 2 is 2.14 bits per heavy atom. The fourth-order valence-corrected chi connectivity index (χ4v) is 2.56. The summed E-state index contributed by atoms with van der Waals surface area (Å²) >= 11 is 1.51. The summed E-state index contributed by atoms with van der Waals surface area (Å²) in [6.07, 6.45) is 1.89. The molecule has 1 aromatic carbocycles. The highest BCUT2D eigenvalue weighted by atomic mass is 32.2. The highest BCUT2D eigenvalue weighted by Crippen LogP contribution is 2.19. The summed E-state index contributed by atoms with van der Waals surface area (Å²) in [7, 11) is 0. The summed E-state index contributed by atoms with van der Waals surface area (Å²) in [6, 6.07) is 11.0. The zero-order valence-electron chi connectivity index (χ0n) is 11.9. The zero-order chi connectivity index (χ0) is 15.2. The van der Waals surface area contributed by atoms with Crippen molar-refractivity contribution >= 4 is 17.7 Å². The van der Waals surface area contributed by atoms with E-state index >= 15 is 0 Å². The third-order valence-electron chi connectivity index (χ3n) is 3.20. The number of aliphatic hydroxyl groups is 1. The molecule has 0 spiro atoms. The van der Waals surface area contributed by atoms with Crippen LogP contribution in [0.15, 0.2) is 40.9 Å². The minimum absolute atomic E-state index is 0.00822. The van der Waals surface area contributed by atoms with Crippen LogP contribution in [0.2, 0.25) is 0 Å². The Morgan fingerprint density at radius 1 is 1.43 bits per heavy atom. The van der Waals surface area contributed by atoms with Gasteiger partial charge in [-0.25, -0.2) is 0 Å². The maximum Gasteiger partial charge on any atom is 0.290 e. The number of aromatic nitrogens is 1. The molecule has 1 heterocycles. The van der Waals surface area contributed by atoms with Gasteiger partial charge in [0.05, 0.1) is 6.61 Å². The molecule has 112 valence electrons. The van der Waals surface area contributed by atoms with E-state index in [9.17, 15) is 9.90 Å². The second-order valence-electron chi connectivity index (χ2n) is 4.66. The number of rotatable bonds is 6. The van der Waals surface area contributed by atoms with Crippen LogP contribution < -0.4 is 5.32 Å². The van der Waals surface area contributed by atoms with Crippen molar-refractivity contribution in [1.29, 1.82) is 0 Å². The van der Waals surface area contributed by atoms with Crippen molar-refractivity contribution in [2.24, 2.45) is 0 Å². The van der Waals surface area contributed by atoms with Gasteiger partial charge in [-0.2, -0.15) is 11.8 Å². The van der Waals surface area contributed by atoms with Crippen LogP contribution in [0.25, 0.3) is 11.3 Å². The molecule has 0 fully saturated rings. The average molecular weight is 306 g/mol. The SMILES string of the molecule is CSC(CO)C(C)NC(=O)c1cc(-c2ccccc2)no1. The fourth-order valence-electron chi connectivity index (χ4n) is 1.93. The molecule has 0 saturated heterocycles. The van der Waals surface area contributed by atoms with E-state index in [-0.39, 0.29) is 29.6 Å². The molecule has 1 aromatic heterocycles. The highest BCUT2D eigenvalue weighted by molar-refractivity contribution is 7.99. The van der Waals surface area contributed by atoms with Crippen molar-refractivity contribution in [3.63, 3.8) is 0 Å². The molecule has 2 unspecified atom stereocenters. The number of carbonyl (C=O) groups excluding carboxylic acids is 1. The highest BCUT2D eigenvalue weighted by Gasteiger charge is 2.20. The molecular formula is C15H18N2O3S. The first kappa shape index (κ1) is 15.6. The number of thioether (sulfide) groups is 1. The van der Waals surface area contributed by atoms with E-state index in [1.54, 1.807) is 6.07 Å². The van der Waals surface area contributed by atoms with Gasteiger partial charge in [-0.15, -0.1) is 0 Å². The summed E-state index contributed by atoms with van der Waals surface area (Å²) in [6.45, 7) is 1.86. The fraction of sp³-hybridized carbons (Fsp3) is 0.333. The van der Waals surface area contributed by atoms with Crippen molar-refractivity contribution in [2.75, 3.05) is 12.9 Å². The number of hydrogen-bond donors (Lipinski definition) is 2. The molecule has 0 aliphatic heterocycles. The lowest BCUT2D eigenvalue weighted by Crippen LogP contribution is -2.41. The van der Waals surface area contributed by atoms with E-state index in [0.29, 0.717) is 5.69 Å². The van der Waals surface area contributed by atoms with Crippen molar-refractivity contribution in [2.45, 2.75) is 18.2 Å². The summed E-state index contributed by atoms with van der Waals surface area (Å²) < 4.78 is 5.10. The quantitative estimate of drug-likeness (QED) is 0.855. The lowest BCUT2D eigenvalue weighted by Gasteiger charge is -2.20. The van der Waals surface area contributed by atoms with E-state index in [4.69, 9.17) is 4.52 Å². The van der Waals surface area contributed by atoms with Crippen molar-refractivity contribution < 1.29 is 14.4 Å². The maximum absolute atomic E-state index is 12.1. The molecule has 2 atom stereocenters. The van der Waals surface area contributed by atoms with Gasteiger partial charge in [0.25, 0.3) is 5.91 Å². The molecule has 6 heteroatoms. The van der Waals surface area contributed by atoms with E-state index in [1.165, 1.54) is 11.8 Å². The molecule has 0 saturated carbocycles. The first-order valence-corrected chi connectivity index (χ1v) is 7.91. The van der Waals surface area contributed by atoms with Crippen molar-refractivity contribution in [3.8, 4) is 11.3 Å². The Morgan fingerprint density at radius 3 is 2.76 bits per heavy atom. The predicted octanol–water partition coefficient (Wildman–Crippen LogP) is 2.18. The van der Waals surface area contributed by atoms with Gasteiger partial charge in [-0.05, 0) is 13.2 Å². The minimum Gasteiger partial charge on any atom is -0.395 e. The smallest absolute Gasteiger partial charge is 0.290 e. The first-order chi connectivity index (χ1) is 10.2. The summed E-state index contributed by atoms with van der Waals surface area (Å²) in [5.41, 5.74) is 1.52. The van der Waals surface area contributed by atoms with Crippen molar-refractivity contribution in [3.05, 3.63) is 42.2 Å². The predicted molar refractivity (Wildman–Crippen MR) is 83.3 cm³/mol. The second kappa shape index (κ2) is 7.28. The van der Waals surface area contributed by atoms with Crippen LogP contribution in [-0.4, -0.2) is 40.3 Å². The molecule has 2 rings (SSSR count). The van der Waals surface area contributed by atoms with E-state index in [2.05, 4.69) is 10.5 Å². The molecule has 21 heavy (non-hydrogen) atoms. The second-order valence-corrected chi connectivity index (χ2v) is 5.74. The summed E-state index contributed by atoms with van der Waals surface area (Å²) in [4.78, 5) is 12.1. The minimum atomic E-state index is -0.329. The Labute approximate surface area is 127 Å². The van der Waals surface area contributed by atoms with Gasteiger partial charge in [0.2, 0.25) is 5.76 Å². The van der Waals surface area contributed by atoms with Crippen LogP contribution in [0.5, 0.6) is 0 Å². The van der Waals surface area contributed by atoms with Gasteiger partial charge in [-0.3, -0.25) is 4.79 Å². The van der Waals surface area contributed by atoms with Gasteiger partial charge >= 0.3 is 0 Å². The third-order valence-corrected chi connectivity index (χ3v) is 4.37. The van der Waals surface area contributed by atoms with E-state index < -0.39 is 0 Å². The number of benzene rings is 1. The Hall–Kier alpha value is -1.79. The van der Waals surface area contributed by atoms with Gasteiger partial charge in [0.1, 0.15) is 5.69 Å². The lowest BCUT2D eigenvalue weighted by atomic mass is 10.1. The van der Waals surface area contributed by atoms with Crippen molar-refractivity contribution in [1.82, 2.24) is 10.5 Å². The maximum atomic E-state index is 12.1. The van der Waals surface area contributed by atoms with Gasteiger partial charge in [0, 0.05) is 22.9 Å². The molecule has 2 N–H and O–H groups in total. The van der Waals surface area contributed by atoms with E-state index in [1.807, 2.05) is 43.5 Å². The van der Waals surface area contributed by atoms with Crippen LogP contribution in [-0.2, 0) is 0 Å². The van der Waals surface area contributed by atoms with E-state index in [0.717, 1.165) is 5.56 Å². The Balaban J connectivity index is 2.06. The number of hydrogen-bond acceptors (Lipinski definition) is 5. The van der Waals surface area contributed by atoms with Crippen LogP contribution in [0, 0.1) is 0 Å². The first-order valence-electron chi connectivity index (χ1n) is 6.62. The number of amides is 1. The molecular weight excluding hydrogens is 288 g/mol. The molecule has 2 aromatic rings. The topological polar surface area (TPSA) is 75.4 Å². The molecule has 5 nitrogen and oxygen atoms in total. The van der Waals surface area contributed by atoms with Crippen LogP contribution in [0.3, 0.4) is 0 Å². The van der Waals surface area contributed by atoms with Gasteiger partial charge < -0.3 is 14.9 Å². The van der Waals surface area contributed by atoms with Crippen LogP contribution in [0.1, 0.15) is 17.5 Å². The average Bonchev–Trinajstić information content (AvgIpc) is 2.99. The van der Waals surface area contributed by atoms with Gasteiger partial charge in [0.15, 0.2) is 0 Å². The monoisotopic (exact) mass is 306 g/mol. The Bertz CT molecular complexity index is 582. The van der Waals surface area contributed by atoms with Gasteiger partial charge in [-0.1, -0.05) is 35.5 Å². The number of nitrogens with zero attached hydrogens (tertiary/aromatic N) is 1. The normalized spacial score (nSPS) is 13.7. The molecule has 0 radical (unpaired) electrons. The number of nitrogens with one attached hydrogen (secondary N) is 1. The largest absolute Gasteiger partial charge is 0.395 e. The third kappa shape index (κ3) is 3.86. The molecule has 1 amide bonds. The summed E-state index contributed by atoms with van der Waals surface area (Å²) in [5, 5.41) is 15.9. The molecule has 0 aliphatic carbocycles. The number of aliphatic hydroxyl groups excluding tert-OH is 1. The summed E-state index contributed by atoms with van der Waals surface area (Å²) in [5.74, 6) is -0.164. The lowest BCUT2D eigenvalue weighted by molar-refractivity contribution is 0.0898. The van der Waals surface area contributed by atoms with Crippen LogP contribution in [0.4, 0.5) is 0 Å². The Kier molecular flexibility index (Phi) is 5.41. The molecule has 0 aliphatic rings.